The highest BCUT2D eigenvalue weighted by atomic mass is 16.5. The number of hydrogen-bond donors (Lipinski definition) is 1. The van der Waals surface area contributed by atoms with Crippen LogP contribution < -0.4 is 24.4 Å². The van der Waals surface area contributed by atoms with Crippen molar-refractivity contribution in [2.24, 2.45) is 0 Å². The van der Waals surface area contributed by atoms with Crippen molar-refractivity contribution in [3.05, 3.63) is 45.6 Å². The fourth-order valence-corrected chi connectivity index (χ4v) is 3.56. The van der Waals surface area contributed by atoms with Crippen molar-refractivity contribution in [3.63, 3.8) is 0 Å². The van der Waals surface area contributed by atoms with Gasteiger partial charge in [0.25, 0.3) is 0 Å². The Morgan fingerprint density at radius 1 is 0.962 bits per heavy atom. The van der Waals surface area contributed by atoms with Gasteiger partial charge in [0.15, 0.2) is 17.2 Å². The minimum atomic E-state index is -0.227. The molecule has 1 N–H and O–H groups in total. The van der Waals surface area contributed by atoms with Gasteiger partial charge in [-0.3, -0.25) is 4.79 Å². The largest absolute Gasteiger partial charge is 0.493 e. The van der Waals surface area contributed by atoms with Gasteiger partial charge in [0.2, 0.25) is 11.2 Å². The molecule has 1 aliphatic carbocycles. The number of fused-ring (bicyclic) bond motifs is 3. The molecule has 0 saturated carbocycles. The lowest BCUT2D eigenvalue weighted by Crippen LogP contribution is -2.16. The van der Waals surface area contributed by atoms with E-state index in [1.54, 1.807) is 27.4 Å². The second kappa shape index (κ2) is 7.25. The number of methoxy groups -OCH3 is 4. The van der Waals surface area contributed by atoms with Gasteiger partial charge in [0, 0.05) is 11.5 Å². The molecule has 0 amide bonds. The van der Waals surface area contributed by atoms with Crippen LogP contribution in [-0.4, -0.2) is 40.2 Å². The zero-order chi connectivity index (χ0) is 18.8. The Morgan fingerprint density at radius 3 is 2.23 bits per heavy atom. The average Bonchev–Trinajstić information content (AvgIpc) is 2.83. The maximum atomic E-state index is 12.4. The van der Waals surface area contributed by atoms with Crippen LogP contribution in [0.4, 0.5) is 0 Å². The number of hydrogen-bond acceptors (Lipinski definition) is 6. The molecule has 0 saturated heterocycles. The molecule has 6 heteroatoms. The predicted octanol–water partition coefficient (Wildman–Crippen LogP) is 2.38. The molecule has 2 aromatic rings. The quantitative estimate of drug-likeness (QED) is 0.885. The van der Waals surface area contributed by atoms with Crippen molar-refractivity contribution < 1.29 is 24.1 Å². The molecule has 0 aromatic heterocycles. The molecule has 0 radical (unpaired) electrons. The third-order valence-corrected chi connectivity index (χ3v) is 4.77. The Hall–Kier alpha value is -2.73. The number of aliphatic hydroxyl groups is 1. The first-order valence-corrected chi connectivity index (χ1v) is 8.24. The van der Waals surface area contributed by atoms with Gasteiger partial charge < -0.3 is 24.1 Å². The summed E-state index contributed by atoms with van der Waals surface area (Å²) in [6, 6.07) is 6.89. The Kier molecular flexibility index (Phi) is 5.04. The highest BCUT2D eigenvalue weighted by Gasteiger charge is 2.30. The van der Waals surface area contributed by atoms with Crippen molar-refractivity contribution in [2.45, 2.75) is 12.3 Å². The van der Waals surface area contributed by atoms with Crippen LogP contribution in [0.3, 0.4) is 0 Å². The zero-order valence-electron chi connectivity index (χ0n) is 15.3. The van der Waals surface area contributed by atoms with Crippen molar-refractivity contribution in [2.75, 3.05) is 35.0 Å². The van der Waals surface area contributed by atoms with Gasteiger partial charge in [0.1, 0.15) is 0 Å². The topological polar surface area (TPSA) is 74.2 Å². The van der Waals surface area contributed by atoms with Gasteiger partial charge in [0.05, 0.1) is 35.0 Å². The highest BCUT2D eigenvalue weighted by Crippen LogP contribution is 2.51. The maximum Gasteiger partial charge on any atom is 0.220 e. The molecule has 1 aliphatic rings. The monoisotopic (exact) mass is 358 g/mol. The van der Waals surface area contributed by atoms with E-state index in [1.165, 1.54) is 13.2 Å². The molecule has 0 spiro atoms. The van der Waals surface area contributed by atoms with E-state index in [4.69, 9.17) is 18.9 Å². The Bertz CT molecular complexity index is 890. The standard InChI is InChI=1S/C20H22O6/c1-23-16-6-5-13-14(9-15(16)22)12(10-21)7-11-8-17(24-2)19(25-3)20(26-4)18(11)13/h5-6,8-9,12,21H,7,10H2,1-4H3. The van der Waals surface area contributed by atoms with Gasteiger partial charge in [-0.2, -0.15) is 0 Å². The SMILES string of the molecule is COc1cc2c(c(OC)c1OC)-c1ccc(OC)c(=O)cc1C(CO)C2. The molecular weight excluding hydrogens is 336 g/mol. The van der Waals surface area contributed by atoms with Crippen molar-refractivity contribution in [1.29, 1.82) is 0 Å². The van der Waals surface area contributed by atoms with E-state index in [9.17, 15) is 9.90 Å². The van der Waals surface area contributed by atoms with Gasteiger partial charge in [-0.1, -0.05) is 6.07 Å². The Balaban J connectivity index is 2.41. The zero-order valence-corrected chi connectivity index (χ0v) is 15.3. The lowest BCUT2D eigenvalue weighted by atomic mass is 9.79. The van der Waals surface area contributed by atoms with Crippen LogP contribution in [0.15, 0.2) is 29.1 Å². The van der Waals surface area contributed by atoms with Crippen LogP contribution in [-0.2, 0) is 6.42 Å². The minimum absolute atomic E-state index is 0.0745. The minimum Gasteiger partial charge on any atom is -0.493 e. The molecule has 3 rings (SSSR count). The van der Waals surface area contributed by atoms with E-state index < -0.39 is 0 Å². The molecule has 1 unspecified atom stereocenters. The molecular formula is C20H22O6. The fourth-order valence-electron chi connectivity index (χ4n) is 3.56. The van der Waals surface area contributed by atoms with Crippen molar-refractivity contribution >= 4 is 0 Å². The Morgan fingerprint density at radius 2 is 1.65 bits per heavy atom. The first-order valence-electron chi connectivity index (χ1n) is 8.24. The first kappa shape index (κ1) is 18.1. The van der Waals surface area contributed by atoms with Crippen LogP contribution >= 0.6 is 0 Å². The summed E-state index contributed by atoms with van der Waals surface area (Å²) in [6.45, 7) is -0.0745. The maximum absolute atomic E-state index is 12.4. The second-order valence-electron chi connectivity index (χ2n) is 6.04. The summed E-state index contributed by atoms with van der Waals surface area (Å²) in [4.78, 5) is 12.4. The van der Waals surface area contributed by atoms with Crippen LogP contribution in [0, 0.1) is 0 Å². The molecule has 0 heterocycles. The molecule has 0 aliphatic heterocycles. The summed E-state index contributed by atoms with van der Waals surface area (Å²) in [6.07, 6.45) is 0.557. The van der Waals surface area contributed by atoms with Crippen LogP contribution in [0.5, 0.6) is 23.0 Å². The Labute approximate surface area is 151 Å². The van der Waals surface area contributed by atoms with Crippen LogP contribution in [0.1, 0.15) is 17.0 Å². The third-order valence-electron chi connectivity index (χ3n) is 4.77. The summed E-state index contributed by atoms with van der Waals surface area (Å²) in [5.41, 5.74) is 3.14. The van der Waals surface area contributed by atoms with Gasteiger partial charge >= 0.3 is 0 Å². The van der Waals surface area contributed by atoms with Crippen molar-refractivity contribution in [3.8, 4) is 34.1 Å². The summed E-state index contributed by atoms with van der Waals surface area (Å²) >= 11 is 0. The van der Waals surface area contributed by atoms with E-state index in [2.05, 4.69) is 0 Å². The van der Waals surface area contributed by atoms with Crippen LogP contribution in [0.25, 0.3) is 11.1 Å². The second-order valence-corrected chi connectivity index (χ2v) is 6.04. The highest BCUT2D eigenvalue weighted by molar-refractivity contribution is 5.83. The molecule has 0 bridgehead atoms. The summed E-state index contributed by atoms with van der Waals surface area (Å²) in [5.74, 6) is 1.63. The number of benzene rings is 1. The third kappa shape index (κ3) is 2.76. The van der Waals surface area contributed by atoms with E-state index in [0.717, 1.165) is 22.3 Å². The van der Waals surface area contributed by atoms with Crippen LogP contribution in [0.2, 0.25) is 0 Å². The number of aliphatic hydroxyl groups excluding tert-OH is 1. The van der Waals surface area contributed by atoms with Gasteiger partial charge in [-0.05, 0) is 41.3 Å². The van der Waals surface area contributed by atoms with E-state index in [-0.39, 0.29) is 23.7 Å². The number of ether oxygens (including phenoxy) is 4. The normalized spacial score (nSPS) is 14.9. The summed E-state index contributed by atoms with van der Waals surface area (Å²) in [7, 11) is 6.15. The lowest BCUT2D eigenvalue weighted by molar-refractivity contribution is 0.263. The molecule has 2 aromatic carbocycles. The molecule has 0 fully saturated rings. The molecule has 26 heavy (non-hydrogen) atoms. The molecule has 6 nitrogen and oxygen atoms in total. The molecule has 138 valence electrons. The fraction of sp³-hybridized carbons (Fsp3) is 0.350. The number of rotatable bonds is 5. The van der Waals surface area contributed by atoms with E-state index >= 15 is 0 Å². The van der Waals surface area contributed by atoms with Crippen molar-refractivity contribution in [1.82, 2.24) is 0 Å². The predicted molar refractivity (Wildman–Crippen MR) is 97.9 cm³/mol. The van der Waals surface area contributed by atoms with E-state index in [0.29, 0.717) is 23.7 Å². The first-order chi connectivity index (χ1) is 12.6. The summed E-state index contributed by atoms with van der Waals surface area (Å²) in [5, 5.41) is 9.90. The van der Waals surface area contributed by atoms with Gasteiger partial charge in [-0.25, -0.2) is 0 Å². The smallest absolute Gasteiger partial charge is 0.220 e. The molecule has 1 atom stereocenters. The van der Waals surface area contributed by atoms with Gasteiger partial charge in [-0.15, -0.1) is 0 Å². The summed E-state index contributed by atoms with van der Waals surface area (Å²) < 4.78 is 21.7. The average molecular weight is 358 g/mol. The lowest BCUT2D eigenvalue weighted by Gasteiger charge is -2.28. The van der Waals surface area contributed by atoms with E-state index in [1.807, 2.05) is 12.1 Å².